The fourth-order valence-corrected chi connectivity index (χ4v) is 4.00. The molecule has 1 aromatic heterocycles. The van der Waals surface area contributed by atoms with Gasteiger partial charge in [-0.05, 0) is 68.9 Å². The molecule has 13 nitrogen and oxygen atoms in total. The number of aromatic nitrogens is 2. The maximum Gasteiger partial charge on any atom is 0.490 e. The molecule has 0 fully saturated rings. The van der Waals surface area contributed by atoms with Gasteiger partial charge in [0.1, 0.15) is 18.2 Å². The highest BCUT2D eigenvalue weighted by Gasteiger charge is 2.39. The Morgan fingerprint density at radius 1 is 0.852 bits per heavy atom. The minimum Gasteiger partial charge on any atom is -0.492 e. The number of nitrogens with one attached hydrogen (secondary N) is 2. The van der Waals surface area contributed by atoms with E-state index >= 15 is 0 Å². The summed E-state index contributed by atoms with van der Waals surface area (Å²) in [7, 11) is 6.08. The molecule has 0 saturated heterocycles. The Morgan fingerprint density at radius 3 is 1.81 bits per heavy atom. The zero-order valence-corrected chi connectivity index (χ0v) is 28.5. The molecule has 1 aliphatic rings. The molecule has 54 heavy (non-hydrogen) atoms. The lowest BCUT2D eigenvalue weighted by Gasteiger charge is -2.27. The summed E-state index contributed by atoms with van der Waals surface area (Å²) in [6, 6.07) is 10.4. The number of amides is 1. The van der Waals surface area contributed by atoms with Crippen molar-refractivity contribution < 1.29 is 83.1 Å². The summed E-state index contributed by atoms with van der Waals surface area (Å²) in [5.41, 5.74) is 5.41. The highest BCUT2D eigenvalue weighted by molar-refractivity contribution is 5.97. The summed E-state index contributed by atoms with van der Waals surface area (Å²) in [5, 5.41) is 31.6. The number of rotatable bonds is 7. The molecule has 0 saturated carbocycles. The zero-order chi connectivity index (χ0) is 41.8. The number of H-pyrrole nitrogens is 1. The van der Waals surface area contributed by atoms with Crippen molar-refractivity contribution in [2.45, 2.75) is 31.9 Å². The van der Waals surface area contributed by atoms with E-state index in [1.807, 2.05) is 46.4 Å². The molecule has 0 bridgehead atoms. The average Bonchev–Trinajstić information content (AvgIpc) is 3.48. The first kappa shape index (κ1) is 46.4. The number of nitrogens with zero attached hydrogens (tertiary/aromatic N) is 3. The van der Waals surface area contributed by atoms with Gasteiger partial charge in [0.15, 0.2) is 0 Å². The third-order valence-corrected chi connectivity index (χ3v) is 6.72. The van der Waals surface area contributed by atoms with E-state index in [9.17, 15) is 48.7 Å². The second-order valence-electron chi connectivity index (χ2n) is 11.2. The van der Waals surface area contributed by atoms with Gasteiger partial charge in [0.05, 0.1) is 23.5 Å². The van der Waals surface area contributed by atoms with Gasteiger partial charge in [-0.2, -0.15) is 44.6 Å². The van der Waals surface area contributed by atoms with Crippen LogP contribution in [-0.2, 0) is 25.6 Å². The van der Waals surface area contributed by atoms with Crippen LogP contribution in [0.1, 0.15) is 11.3 Å². The lowest BCUT2D eigenvalue weighted by molar-refractivity contribution is -0.193. The number of aryl methyl sites for hydroxylation is 1. The first-order chi connectivity index (χ1) is 24.6. The number of hydrogen-bond donors (Lipinski definition) is 5. The number of halogens is 10. The van der Waals surface area contributed by atoms with Gasteiger partial charge >= 0.3 is 36.4 Å². The van der Waals surface area contributed by atoms with Gasteiger partial charge in [0.25, 0.3) is 0 Å². The molecule has 3 aromatic rings. The molecule has 2 heterocycles. The van der Waals surface area contributed by atoms with E-state index in [0.717, 1.165) is 46.8 Å². The van der Waals surface area contributed by atoms with E-state index in [1.54, 1.807) is 6.07 Å². The van der Waals surface area contributed by atoms with Crippen molar-refractivity contribution in [3.05, 3.63) is 59.7 Å². The average molecular weight is 794 g/mol. The number of carboxylic acids is 3. The van der Waals surface area contributed by atoms with E-state index in [4.69, 9.17) is 34.4 Å². The predicted molar refractivity (Wildman–Crippen MR) is 169 cm³/mol. The van der Waals surface area contributed by atoms with Crippen LogP contribution in [0.15, 0.2) is 42.6 Å². The number of aromatic amines is 1. The minimum absolute atomic E-state index is 0.139. The number of carboxylic acid groups (broad SMARTS) is 3. The number of hydrogen-bond acceptors (Lipinski definition) is 8. The Morgan fingerprint density at radius 2 is 1.37 bits per heavy atom. The van der Waals surface area contributed by atoms with Crippen molar-refractivity contribution >= 4 is 35.2 Å². The fourth-order valence-electron chi connectivity index (χ4n) is 4.00. The lowest BCUT2D eigenvalue weighted by Crippen LogP contribution is -2.33. The molecule has 0 radical (unpaired) electrons. The van der Waals surface area contributed by atoms with Gasteiger partial charge in [-0.25, -0.2) is 18.8 Å². The summed E-state index contributed by atoms with van der Waals surface area (Å²) >= 11 is 0. The summed E-state index contributed by atoms with van der Waals surface area (Å²) in [5.74, 6) is -8.49. The lowest BCUT2D eigenvalue weighted by atomic mass is 9.95. The SMILES string of the molecule is Cc1[nH]ncc1-c1ccc(NC(=O)C2COc3ccc(F)cc3C2)c(N(C)CCN(C)C)c1.O=C(O)C(F)(F)F.O=C(O)C(F)(F)F.O=C(O)C(F)(F)F. The Labute approximate surface area is 299 Å². The highest BCUT2D eigenvalue weighted by Crippen LogP contribution is 2.34. The molecule has 23 heteroatoms. The number of anilines is 2. The summed E-state index contributed by atoms with van der Waals surface area (Å²) in [6.07, 6.45) is -13.0. The smallest absolute Gasteiger partial charge is 0.490 e. The van der Waals surface area contributed by atoms with E-state index in [1.165, 1.54) is 12.1 Å². The third-order valence-electron chi connectivity index (χ3n) is 6.72. The van der Waals surface area contributed by atoms with Gasteiger partial charge in [0.2, 0.25) is 5.91 Å². The monoisotopic (exact) mass is 793 g/mol. The Balaban J connectivity index is 0.000000566. The molecular formula is C31H33F10N5O8. The van der Waals surface area contributed by atoms with E-state index < -0.39 is 42.4 Å². The van der Waals surface area contributed by atoms with Crippen molar-refractivity contribution in [1.29, 1.82) is 0 Å². The number of carbonyl (C=O) groups excluding carboxylic acids is 1. The number of ether oxygens (including phenoxy) is 1. The highest BCUT2D eigenvalue weighted by atomic mass is 19.4. The molecule has 0 spiro atoms. The molecule has 5 N–H and O–H groups in total. The van der Waals surface area contributed by atoms with Crippen molar-refractivity contribution in [1.82, 2.24) is 15.1 Å². The second-order valence-corrected chi connectivity index (χ2v) is 11.2. The quantitative estimate of drug-likeness (QED) is 0.187. The Hall–Kier alpha value is -5.61. The molecule has 1 aliphatic heterocycles. The number of likely N-dealkylation sites (N-methyl/N-ethyl adjacent to an activating group) is 2. The number of alkyl halides is 9. The van der Waals surface area contributed by atoms with Crippen LogP contribution in [-0.4, -0.2) is 114 Å². The van der Waals surface area contributed by atoms with Crippen LogP contribution >= 0.6 is 0 Å². The first-order valence-electron chi connectivity index (χ1n) is 14.8. The molecular weight excluding hydrogens is 760 g/mol. The molecule has 1 unspecified atom stereocenters. The van der Waals surface area contributed by atoms with Crippen LogP contribution in [0.5, 0.6) is 5.75 Å². The molecule has 4 rings (SSSR count). The van der Waals surface area contributed by atoms with Crippen LogP contribution in [0.4, 0.5) is 55.3 Å². The van der Waals surface area contributed by atoms with Gasteiger partial charge in [-0.3, -0.25) is 9.89 Å². The van der Waals surface area contributed by atoms with Crippen LogP contribution < -0.4 is 15.0 Å². The Bertz CT molecular complexity index is 1690. The molecule has 1 atom stereocenters. The maximum atomic E-state index is 13.7. The van der Waals surface area contributed by atoms with Gasteiger partial charge in [-0.1, -0.05) is 6.07 Å². The van der Waals surface area contributed by atoms with E-state index in [2.05, 4.69) is 31.4 Å². The zero-order valence-electron chi connectivity index (χ0n) is 28.5. The normalized spacial score (nSPS) is 13.6. The van der Waals surface area contributed by atoms with E-state index in [0.29, 0.717) is 12.2 Å². The largest absolute Gasteiger partial charge is 0.492 e. The van der Waals surface area contributed by atoms with Crippen molar-refractivity contribution in [2.24, 2.45) is 5.92 Å². The molecule has 300 valence electrons. The maximum absolute atomic E-state index is 13.7. The molecule has 2 aromatic carbocycles. The van der Waals surface area contributed by atoms with Gasteiger partial charge in [-0.15, -0.1) is 0 Å². The van der Waals surface area contributed by atoms with Crippen LogP contribution in [0.3, 0.4) is 0 Å². The predicted octanol–water partition coefficient (Wildman–Crippen LogP) is 5.61. The van der Waals surface area contributed by atoms with Gasteiger partial charge in [0, 0.05) is 31.4 Å². The van der Waals surface area contributed by atoms with Crippen LogP contribution in [0.2, 0.25) is 0 Å². The minimum atomic E-state index is -5.08. The van der Waals surface area contributed by atoms with Crippen molar-refractivity contribution in [3.63, 3.8) is 0 Å². The summed E-state index contributed by atoms with van der Waals surface area (Å²) < 4.78 is 115. The third kappa shape index (κ3) is 15.6. The molecule has 1 amide bonds. The standard InChI is InChI=1S/C25H30FN5O2.3C2HF3O2/c1-16-21(14-27-29-16)17-5-7-22(23(13-17)31(4)10-9-30(2)3)28-25(32)19-11-18-12-20(26)6-8-24(18)33-15-19;3*3-2(4,5)1(6)7/h5-8,12-14,19H,9-11,15H2,1-4H3,(H,27,29)(H,28,32);3*(H,6,7). The van der Waals surface area contributed by atoms with Crippen LogP contribution in [0, 0.1) is 18.7 Å². The molecule has 0 aliphatic carbocycles. The van der Waals surface area contributed by atoms with Crippen LogP contribution in [0.25, 0.3) is 11.1 Å². The van der Waals surface area contributed by atoms with Gasteiger partial charge < -0.3 is 35.2 Å². The summed E-state index contributed by atoms with van der Waals surface area (Å²) in [6.45, 7) is 3.92. The van der Waals surface area contributed by atoms with Crippen molar-refractivity contribution in [2.75, 3.05) is 51.1 Å². The summed E-state index contributed by atoms with van der Waals surface area (Å²) in [4.78, 5) is 44.1. The van der Waals surface area contributed by atoms with Crippen molar-refractivity contribution in [3.8, 4) is 16.9 Å². The topological polar surface area (TPSA) is 185 Å². The number of benzene rings is 2. The Kier molecular flexibility index (Phi) is 16.7. The number of carbonyl (C=O) groups is 4. The number of aliphatic carboxylic acids is 3. The fraction of sp³-hybridized carbons (Fsp3) is 0.387. The second kappa shape index (κ2) is 19.5. The first-order valence-corrected chi connectivity index (χ1v) is 14.8. The van der Waals surface area contributed by atoms with E-state index in [-0.39, 0.29) is 18.3 Å². The number of fused-ring (bicyclic) bond motifs is 1.